The lowest BCUT2D eigenvalue weighted by molar-refractivity contribution is 0.330. The predicted molar refractivity (Wildman–Crippen MR) is 67.7 cm³/mol. The SMILES string of the molecule is CCOc1ccc(C(C)(C)C)cc1S(N)(=O)=O. The summed E-state index contributed by atoms with van der Waals surface area (Å²) in [5.41, 5.74) is 0.773. The van der Waals surface area contributed by atoms with Gasteiger partial charge in [0.1, 0.15) is 10.6 Å². The fourth-order valence-electron chi connectivity index (χ4n) is 1.47. The average molecular weight is 257 g/mol. The molecule has 0 amide bonds. The lowest BCUT2D eigenvalue weighted by Gasteiger charge is -2.20. The van der Waals surface area contributed by atoms with Crippen LogP contribution in [0.15, 0.2) is 23.1 Å². The summed E-state index contributed by atoms with van der Waals surface area (Å²) in [5.74, 6) is 0.308. The van der Waals surface area contributed by atoms with Crippen molar-refractivity contribution in [1.29, 1.82) is 0 Å². The van der Waals surface area contributed by atoms with Gasteiger partial charge in [0, 0.05) is 0 Å². The number of sulfonamides is 1. The van der Waals surface area contributed by atoms with Crippen LogP contribution in [0.4, 0.5) is 0 Å². The van der Waals surface area contributed by atoms with E-state index < -0.39 is 10.0 Å². The zero-order valence-electron chi connectivity index (χ0n) is 10.6. The molecular formula is C12H19NO3S. The van der Waals surface area contributed by atoms with E-state index >= 15 is 0 Å². The maximum absolute atomic E-state index is 11.5. The van der Waals surface area contributed by atoms with Crippen molar-refractivity contribution in [1.82, 2.24) is 0 Å². The van der Waals surface area contributed by atoms with Gasteiger partial charge in [-0.1, -0.05) is 26.8 Å². The molecule has 0 bridgehead atoms. The van der Waals surface area contributed by atoms with Gasteiger partial charge in [-0.3, -0.25) is 0 Å². The Morgan fingerprint density at radius 3 is 2.29 bits per heavy atom. The molecule has 4 nitrogen and oxygen atoms in total. The zero-order chi connectivity index (χ0) is 13.3. The van der Waals surface area contributed by atoms with Gasteiger partial charge in [0.25, 0.3) is 0 Å². The lowest BCUT2D eigenvalue weighted by atomic mass is 9.87. The second-order valence-corrected chi connectivity index (χ2v) is 6.42. The highest BCUT2D eigenvalue weighted by atomic mass is 32.2. The second-order valence-electron chi connectivity index (χ2n) is 4.89. The summed E-state index contributed by atoms with van der Waals surface area (Å²) in [4.78, 5) is 0.0479. The van der Waals surface area contributed by atoms with Crippen LogP contribution in [0.5, 0.6) is 5.75 Å². The smallest absolute Gasteiger partial charge is 0.241 e. The van der Waals surface area contributed by atoms with E-state index in [1.807, 2.05) is 26.8 Å². The minimum absolute atomic E-state index is 0.0479. The highest BCUT2D eigenvalue weighted by molar-refractivity contribution is 7.89. The van der Waals surface area contributed by atoms with Gasteiger partial charge in [-0.05, 0) is 30.0 Å². The van der Waals surface area contributed by atoms with Gasteiger partial charge in [-0.25, -0.2) is 13.6 Å². The van der Waals surface area contributed by atoms with Gasteiger partial charge in [-0.2, -0.15) is 0 Å². The number of primary sulfonamides is 1. The number of rotatable bonds is 3. The standard InChI is InChI=1S/C12H19NO3S/c1-5-16-10-7-6-9(12(2,3)4)8-11(10)17(13,14)15/h6-8H,5H2,1-4H3,(H2,13,14,15). The minimum Gasteiger partial charge on any atom is -0.492 e. The highest BCUT2D eigenvalue weighted by Gasteiger charge is 2.20. The van der Waals surface area contributed by atoms with E-state index in [1.165, 1.54) is 0 Å². The molecule has 0 fully saturated rings. The normalized spacial score (nSPS) is 12.5. The molecule has 0 unspecified atom stereocenters. The molecule has 0 saturated carbocycles. The Balaban J connectivity index is 3.40. The molecule has 2 N–H and O–H groups in total. The van der Waals surface area contributed by atoms with Crippen LogP contribution in [0.2, 0.25) is 0 Å². The fraction of sp³-hybridized carbons (Fsp3) is 0.500. The van der Waals surface area contributed by atoms with Crippen molar-refractivity contribution in [3.8, 4) is 5.75 Å². The average Bonchev–Trinajstić information content (AvgIpc) is 2.15. The molecule has 5 heteroatoms. The maximum atomic E-state index is 11.5. The molecule has 0 radical (unpaired) electrons. The topological polar surface area (TPSA) is 69.4 Å². The van der Waals surface area contributed by atoms with Crippen molar-refractivity contribution in [2.24, 2.45) is 5.14 Å². The van der Waals surface area contributed by atoms with Crippen LogP contribution in [-0.4, -0.2) is 15.0 Å². The zero-order valence-corrected chi connectivity index (χ0v) is 11.5. The summed E-state index contributed by atoms with van der Waals surface area (Å²) >= 11 is 0. The molecule has 0 aromatic heterocycles. The van der Waals surface area contributed by atoms with E-state index in [-0.39, 0.29) is 10.3 Å². The maximum Gasteiger partial charge on any atom is 0.241 e. The van der Waals surface area contributed by atoms with Crippen LogP contribution in [-0.2, 0) is 15.4 Å². The monoisotopic (exact) mass is 257 g/mol. The summed E-state index contributed by atoms with van der Waals surface area (Å²) in [5, 5.41) is 5.19. The van der Waals surface area contributed by atoms with Gasteiger partial charge in [-0.15, -0.1) is 0 Å². The van der Waals surface area contributed by atoms with E-state index in [4.69, 9.17) is 9.88 Å². The molecule has 17 heavy (non-hydrogen) atoms. The van der Waals surface area contributed by atoms with Crippen molar-refractivity contribution in [3.63, 3.8) is 0 Å². The summed E-state index contributed by atoms with van der Waals surface area (Å²) in [7, 11) is -3.76. The molecule has 1 aromatic carbocycles. The second kappa shape index (κ2) is 4.66. The minimum atomic E-state index is -3.76. The molecular weight excluding hydrogens is 238 g/mol. The molecule has 96 valence electrons. The van der Waals surface area contributed by atoms with Gasteiger partial charge >= 0.3 is 0 Å². The third-order valence-electron chi connectivity index (χ3n) is 2.42. The molecule has 0 aliphatic rings. The molecule has 1 rings (SSSR count). The van der Waals surface area contributed by atoms with E-state index in [0.29, 0.717) is 12.4 Å². The summed E-state index contributed by atoms with van der Waals surface area (Å²) in [6.45, 7) is 8.22. The number of hydrogen-bond acceptors (Lipinski definition) is 3. The Hall–Kier alpha value is -1.07. The Labute approximate surface area is 103 Å². The van der Waals surface area contributed by atoms with E-state index in [0.717, 1.165) is 5.56 Å². The van der Waals surface area contributed by atoms with Crippen LogP contribution in [0.25, 0.3) is 0 Å². The third kappa shape index (κ3) is 3.44. The first-order valence-corrected chi connectivity index (χ1v) is 7.01. The van der Waals surface area contributed by atoms with Gasteiger partial charge in [0.05, 0.1) is 6.61 Å². The van der Waals surface area contributed by atoms with Crippen LogP contribution in [0.3, 0.4) is 0 Å². The van der Waals surface area contributed by atoms with Gasteiger partial charge in [0.2, 0.25) is 10.0 Å². The number of nitrogens with two attached hydrogens (primary N) is 1. The van der Waals surface area contributed by atoms with Crippen molar-refractivity contribution in [2.45, 2.75) is 38.0 Å². The predicted octanol–water partition coefficient (Wildman–Crippen LogP) is 2.03. The quantitative estimate of drug-likeness (QED) is 0.900. The van der Waals surface area contributed by atoms with E-state index in [1.54, 1.807) is 19.1 Å². The third-order valence-corrected chi connectivity index (χ3v) is 3.35. The molecule has 0 saturated heterocycles. The lowest BCUT2D eigenvalue weighted by Crippen LogP contribution is -2.17. The fourth-order valence-corrected chi connectivity index (χ4v) is 2.17. The Morgan fingerprint density at radius 1 is 1.29 bits per heavy atom. The number of hydrogen-bond donors (Lipinski definition) is 1. The van der Waals surface area contributed by atoms with E-state index in [2.05, 4.69) is 0 Å². The molecule has 0 aliphatic carbocycles. The van der Waals surface area contributed by atoms with Crippen LogP contribution >= 0.6 is 0 Å². The van der Waals surface area contributed by atoms with Crippen LogP contribution < -0.4 is 9.88 Å². The van der Waals surface area contributed by atoms with Crippen molar-refractivity contribution in [3.05, 3.63) is 23.8 Å². The van der Waals surface area contributed by atoms with E-state index in [9.17, 15) is 8.42 Å². The highest BCUT2D eigenvalue weighted by Crippen LogP contribution is 2.30. The largest absolute Gasteiger partial charge is 0.492 e. The van der Waals surface area contributed by atoms with Crippen LogP contribution in [0.1, 0.15) is 33.3 Å². The van der Waals surface area contributed by atoms with Crippen molar-refractivity contribution >= 4 is 10.0 Å². The van der Waals surface area contributed by atoms with Crippen molar-refractivity contribution in [2.75, 3.05) is 6.61 Å². The Bertz CT molecular complexity index is 501. The number of benzene rings is 1. The molecule has 0 aliphatic heterocycles. The van der Waals surface area contributed by atoms with Crippen molar-refractivity contribution < 1.29 is 13.2 Å². The Morgan fingerprint density at radius 2 is 1.88 bits per heavy atom. The Kier molecular flexibility index (Phi) is 3.84. The molecule has 1 aromatic rings. The summed E-state index contributed by atoms with van der Waals surface area (Å²) < 4.78 is 28.3. The first kappa shape index (κ1) is 14.0. The van der Waals surface area contributed by atoms with Gasteiger partial charge in [0.15, 0.2) is 0 Å². The first-order valence-electron chi connectivity index (χ1n) is 5.46. The molecule has 0 heterocycles. The van der Waals surface area contributed by atoms with Gasteiger partial charge < -0.3 is 4.74 Å². The number of ether oxygens (including phenoxy) is 1. The molecule has 0 spiro atoms. The first-order chi connectivity index (χ1) is 7.66. The summed E-state index contributed by atoms with van der Waals surface area (Å²) in [6.07, 6.45) is 0. The summed E-state index contributed by atoms with van der Waals surface area (Å²) in [6, 6.07) is 5.10. The van der Waals surface area contributed by atoms with Crippen LogP contribution in [0, 0.1) is 0 Å². The molecule has 0 atom stereocenters.